The van der Waals surface area contributed by atoms with E-state index in [1.165, 1.54) is 0 Å². The van der Waals surface area contributed by atoms with Crippen LogP contribution in [-0.2, 0) is 109 Å². The fourth-order valence-corrected chi connectivity index (χ4v) is 3.31. The van der Waals surface area contributed by atoms with Crippen LogP contribution in [0.2, 0.25) is 0 Å². The van der Waals surface area contributed by atoms with Gasteiger partial charge in [0.1, 0.15) is 0 Å². The first kappa shape index (κ1) is 104. The zero-order valence-corrected chi connectivity index (χ0v) is 27.0. The Morgan fingerprint density at radius 1 is 0.250 bits per heavy atom. The van der Waals surface area contributed by atoms with E-state index < -0.39 is 46.9 Å². The third-order valence-corrected chi connectivity index (χ3v) is 5.40. The van der Waals surface area contributed by atoms with E-state index in [1.54, 1.807) is 0 Å². The Labute approximate surface area is 262 Å². The molecule has 0 atom stereocenters. The maximum Gasteiger partial charge on any atom is 3.00 e. The van der Waals surface area contributed by atoms with Crippen LogP contribution in [0.5, 0.6) is 0 Å². The van der Waals surface area contributed by atoms with E-state index in [0.29, 0.717) is 0 Å². The Morgan fingerprint density at radius 3 is 0.300 bits per heavy atom. The smallest absolute Gasteiger partial charge is 0.790 e. The van der Waals surface area contributed by atoms with Crippen LogP contribution in [0.25, 0.3) is 0 Å². The van der Waals surface area contributed by atoms with Crippen molar-refractivity contribution in [1.29, 1.82) is 0 Å². The van der Waals surface area contributed by atoms with Gasteiger partial charge in [-0.1, -0.05) is 0 Å². The van der Waals surface area contributed by atoms with Crippen molar-refractivity contribution < 1.29 is 217 Å². The molecule has 0 unspecified atom stereocenters. The fraction of sp³-hybridized carbons (Fsp3) is 0. The van der Waals surface area contributed by atoms with Crippen molar-refractivity contribution in [3.8, 4) is 0 Å². The molecular weight excluding hydrogens is 889 g/mol. The predicted octanol–water partition coefficient (Wildman–Crippen LogP) is -17.5. The summed E-state index contributed by atoms with van der Waals surface area (Å²) in [6, 6.07) is 0. The Bertz CT molecular complexity index is 563. The first-order chi connectivity index (χ1) is 11.1. The molecule has 0 saturated heterocycles. The van der Waals surface area contributed by atoms with Gasteiger partial charge in [0.25, 0.3) is 0 Å². The van der Waals surface area contributed by atoms with E-state index in [-0.39, 0.29) is 118 Å². The number of hydrogen-bond donors (Lipinski definition) is 0. The van der Waals surface area contributed by atoms with Crippen molar-refractivity contribution in [3.63, 3.8) is 0 Å². The maximum atomic E-state index is 9.32. The number of rotatable bonds is 6. The molecule has 30 nitrogen and oxygen atoms in total. The number of phosphoric acid groups is 6. The molecule has 0 saturated carbocycles. The Kier molecular flexibility index (Phi) is 103. The second-order valence-corrected chi connectivity index (χ2v) is 10.3. The standard InChI is InChI=1S/4Fe.3H4O7P2.9H2O/c;;;;3*1-8(2,3)7-9(4,5)6;;;;;;;;;/h;;;;3*(H2,1,2,3)(H2,4,5,6);9*1H2/q4*+3;;;;;;;;;;;;/p-12. The van der Waals surface area contributed by atoms with Gasteiger partial charge in [-0.2, -0.15) is 0 Å². The quantitative estimate of drug-likeness (QED) is 0.176. The molecule has 4 radical (unpaired) electrons. The average molecular weight is 907 g/mol. The summed E-state index contributed by atoms with van der Waals surface area (Å²) in [6.07, 6.45) is 0. The Hall–Kier alpha value is 2.50. The molecule has 0 amide bonds. The molecule has 0 aromatic carbocycles. The van der Waals surface area contributed by atoms with Gasteiger partial charge in [0.05, 0.1) is 46.9 Å². The number of hydrogen-bond acceptors (Lipinski definition) is 21. The van der Waals surface area contributed by atoms with Crippen molar-refractivity contribution in [3.05, 3.63) is 0 Å². The minimum Gasteiger partial charge on any atom is -0.790 e. The Morgan fingerprint density at radius 2 is 0.300 bits per heavy atom. The maximum absolute atomic E-state index is 9.32. The first-order valence-corrected chi connectivity index (χ1v) is 13.1. The van der Waals surface area contributed by atoms with Crippen LogP contribution in [0.1, 0.15) is 0 Å². The molecule has 40 heavy (non-hydrogen) atoms. The van der Waals surface area contributed by atoms with Gasteiger partial charge in [-0.15, -0.1) is 0 Å². The summed E-state index contributed by atoms with van der Waals surface area (Å²) in [6.45, 7) is 0. The minimum absolute atomic E-state index is 0. The molecule has 0 heterocycles. The van der Waals surface area contributed by atoms with Crippen LogP contribution in [-0.4, -0.2) is 49.3 Å². The molecule has 18 N–H and O–H groups in total. The molecular formula is H18Fe4O30P6. The van der Waals surface area contributed by atoms with E-state index in [1.807, 2.05) is 0 Å². The molecule has 0 fully saturated rings. The van der Waals surface area contributed by atoms with E-state index in [4.69, 9.17) is 0 Å². The zero-order chi connectivity index (χ0) is 23.1. The molecule has 0 aliphatic heterocycles. The second-order valence-electron chi connectivity index (χ2n) is 2.93. The summed E-state index contributed by atoms with van der Waals surface area (Å²) >= 11 is 0. The van der Waals surface area contributed by atoms with Crippen molar-refractivity contribution in [2.45, 2.75) is 0 Å². The normalized spacial score (nSPS) is 9.30. The summed E-state index contributed by atoms with van der Waals surface area (Å²) in [7, 11) is -34.1. The first-order valence-electron chi connectivity index (χ1n) is 4.38. The summed E-state index contributed by atoms with van der Waals surface area (Å²) < 4.78 is 63.5. The minimum atomic E-state index is -5.68. The van der Waals surface area contributed by atoms with Crippen molar-refractivity contribution >= 4 is 46.9 Å². The SMILES string of the molecule is O.O.O.O.O.O.O.O.O.O=P([O-])([O-])OP(=O)([O-])[O-].O=P([O-])([O-])OP(=O)([O-])[O-].O=P([O-])([O-])OP(=O)([O-])[O-].[Fe+3].[Fe+3].[Fe+3].[Fe+3]. The topological polar surface area (TPSA) is 690 Å². The molecule has 260 valence electrons. The van der Waals surface area contributed by atoms with Gasteiger partial charge in [0, 0.05) is 0 Å². The monoisotopic (exact) mass is 908 g/mol. The molecule has 0 aliphatic carbocycles. The average Bonchev–Trinajstić information content (AvgIpc) is 1.96. The van der Waals surface area contributed by atoms with E-state index in [2.05, 4.69) is 12.9 Å². The molecule has 0 aromatic rings. The van der Waals surface area contributed by atoms with Crippen LogP contribution in [0.3, 0.4) is 0 Å². The molecule has 0 rings (SSSR count). The van der Waals surface area contributed by atoms with Gasteiger partial charge in [-0.05, 0) is 0 Å². The third kappa shape index (κ3) is 150. The fourth-order valence-electron chi connectivity index (χ4n) is 0.367. The van der Waals surface area contributed by atoms with Gasteiger partial charge in [-0.3, -0.25) is 0 Å². The van der Waals surface area contributed by atoms with Crippen molar-refractivity contribution in [1.82, 2.24) is 0 Å². The molecule has 0 spiro atoms. The van der Waals surface area contributed by atoms with Gasteiger partial charge in [0.2, 0.25) is 0 Å². The van der Waals surface area contributed by atoms with Gasteiger partial charge in [-0.25, -0.2) is 0 Å². The molecule has 0 aliphatic rings. The van der Waals surface area contributed by atoms with Crippen LogP contribution in [0.15, 0.2) is 0 Å². The summed E-state index contributed by atoms with van der Waals surface area (Å²) in [5.74, 6) is 0. The van der Waals surface area contributed by atoms with E-state index >= 15 is 0 Å². The molecule has 0 aromatic heterocycles. The van der Waals surface area contributed by atoms with Crippen LogP contribution < -0.4 is 58.7 Å². The van der Waals surface area contributed by atoms with Gasteiger partial charge >= 0.3 is 68.3 Å². The predicted molar refractivity (Wildman–Crippen MR) is 81.4 cm³/mol. The summed E-state index contributed by atoms with van der Waals surface area (Å²) in [4.78, 5) is 112. The van der Waals surface area contributed by atoms with Crippen molar-refractivity contribution in [2.24, 2.45) is 0 Å². The van der Waals surface area contributed by atoms with Crippen molar-refractivity contribution in [2.75, 3.05) is 0 Å². The second kappa shape index (κ2) is 39.5. The van der Waals surface area contributed by atoms with E-state index in [9.17, 15) is 86.1 Å². The van der Waals surface area contributed by atoms with Crippen LogP contribution >= 0.6 is 46.9 Å². The van der Waals surface area contributed by atoms with Gasteiger partial charge < -0.3 is 148 Å². The van der Waals surface area contributed by atoms with Gasteiger partial charge in [0.15, 0.2) is 0 Å². The van der Waals surface area contributed by atoms with Crippen LogP contribution in [0.4, 0.5) is 0 Å². The van der Waals surface area contributed by atoms with Crippen LogP contribution in [0, 0.1) is 0 Å². The summed E-state index contributed by atoms with van der Waals surface area (Å²) in [5.41, 5.74) is 0. The van der Waals surface area contributed by atoms with E-state index in [0.717, 1.165) is 0 Å². The Balaban J connectivity index is -0.0000000133. The molecule has 0 bridgehead atoms. The third-order valence-electron chi connectivity index (χ3n) is 0.600. The zero-order valence-electron chi connectivity index (χ0n) is 17.2. The largest absolute Gasteiger partial charge is 3.00 e. The molecule has 40 heteroatoms. The summed E-state index contributed by atoms with van der Waals surface area (Å²) in [5, 5.41) is 0.